The van der Waals surface area contributed by atoms with E-state index in [4.69, 9.17) is 12.8 Å². The number of benzene rings is 3. The normalized spacial score (nSPS) is 10.9. The number of halogens is 1. The van der Waals surface area contributed by atoms with Crippen molar-refractivity contribution in [3.8, 4) is 22.6 Å². The highest BCUT2D eigenvalue weighted by molar-refractivity contribution is 14.1. The molecule has 0 radical (unpaired) electrons. The molecule has 0 bridgehead atoms. The van der Waals surface area contributed by atoms with E-state index < -0.39 is 0 Å². The monoisotopic (exact) mass is 428 g/mol. The zero-order chi connectivity index (χ0) is 16.5. The van der Waals surface area contributed by atoms with Crippen LogP contribution in [-0.4, -0.2) is 17.1 Å². The molecule has 0 aliphatic carbocycles. The minimum atomic E-state index is 0.753. The Morgan fingerprint density at radius 1 is 0.750 bits per heavy atom. The van der Waals surface area contributed by atoms with Gasteiger partial charge in [-0.1, -0.05) is 24.3 Å². The van der Waals surface area contributed by atoms with E-state index >= 15 is 0 Å². The maximum Gasteiger partial charge on any atom is 0.192 e. The third-order valence-corrected chi connectivity index (χ3v) is 4.39. The number of nitrogens with zero attached hydrogens (tertiary/aromatic N) is 2. The first-order valence-electron chi connectivity index (χ1n) is 7.42. The molecule has 0 N–H and O–H groups in total. The Labute approximate surface area is 153 Å². The molecule has 0 aliphatic rings. The molecule has 0 aliphatic heterocycles. The molecular weight excluding hydrogens is 415 g/mol. The fraction of sp³-hybridized carbons (Fsp3) is 0.0526. The molecule has 0 fully saturated rings. The average molecular weight is 428 g/mol. The van der Waals surface area contributed by atoms with Crippen molar-refractivity contribution in [3.05, 3.63) is 60.7 Å². The molecule has 0 saturated heterocycles. The minimum absolute atomic E-state index is 0.753. The van der Waals surface area contributed by atoms with Crippen molar-refractivity contribution in [1.82, 2.24) is 9.97 Å². The highest BCUT2D eigenvalue weighted by atomic mass is 127. The molecule has 3 aromatic carbocycles. The summed E-state index contributed by atoms with van der Waals surface area (Å²) in [5, 5.41) is 0. The van der Waals surface area contributed by atoms with E-state index in [-0.39, 0.29) is 0 Å². The second-order valence-electron chi connectivity index (χ2n) is 5.33. The third-order valence-electron chi connectivity index (χ3n) is 3.92. The Morgan fingerprint density at radius 2 is 1.42 bits per heavy atom. The van der Waals surface area contributed by atoms with E-state index in [1.807, 2.05) is 83.7 Å². The Morgan fingerprint density at radius 3 is 2.12 bits per heavy atom. The van der Waals surface area contributed by atoms with Gasteiger partial charge in [-0.25, -0.2) is 9.97 Å². The number of hydrogen-bond donors (Lipinski definition) is 0. The zero-order valence-corrected chi connectivity index (χ0v) is 15.0. The van der Waals surface area contributed by atoms with E-state index in [1.165, 1.54) is 0 Å². The van der Waals surface area contributed by atoms with Crippen molar-refractivity contribution in [3.63, 3.8) is 0 Å². The third kappa shape index (κ3) is 2.54. The number of rotatable bonds is 3. The van der Waals surface area contributed by atoms with Crippen molar-refractivity contribution >= 4 is 45.1 Å². The van der Waals surface area contributed by atoms with Crippen LogP contribution >= 0.6 is 23.0 Å². The summed E-state index contributed by atoms with van der Waals surface area (Å²) in [6.45, 7) is 0. The summed E-state index contributed by atoms with van der Waals surface area (Å²) in [6, 6.07) is 19.6. The molecule has 0 amide bonds. The van der Waals surface area contributed by atoms with Crippen molar-refractivity contribution in [1.29, 1.82) is 0 Å². The van der Waals surface area contributed by atoms with Gasteiger partial charge in [0.25, 0.3) is 0 Å². The van der Waals surface area contributed by atoms with Crippen LogP contribution < -0.4 is 7.80 Å². The van der Waals surface area contributed by atoms with Crippen LogP contribution in [0, 0.1) is 0 Å². The molecule has 4 aromatic rings. The van der Waals surface area contributed by atoms with Crippen LogP contribution in [0.3, 0.4) is 0 Å². The van der Waals surface area contributed by atoms with Crippen molar-refractivity contribution in [2.45, 2.75) is 0 Å². The van der Waals surface area contributed by atoms with Gasteiger partial charge in [0.05, 0.1) is 34.7 Å². The summed E-state index contributed by atoms with van der Waals surface area (Å²) in [6.07, 6.45) is 0. The molecular formula is C19H13IN2O2. The topological polar surface area (TPSA) is 44.2 Å². The van der Waals surface area contributed by atoms with Gasteiger partial charge >= 0.3 is 0 Å². The first kappa shape index (κ1) is 15.1. The summed E-state index contributed by atoms with van der Waals surface area (Å²) in [7, 11) is 1.66. The molecule has 4 rings (SSSR count). The van der Waals surface area contributed by atoms with Crippen LogP contribution in [0.4, 0.5) is 0 Å². The molecule has 5 heteroatoms. The fourth-order valence-corrected chi connectivity index (χ4v) is 3.17. The molecule has 4 nitrogen and oxygen atoms in total. The Kier molecular flexibility index (Phi) is 3.93. The molecule has 24 heavy (non-hydrogen) atoms. The summed E-state index contributed by atoms with van der Waals surface area (Å²) >= 11 is 1.88. The smallest absolute Gasteiger partial charge is 0.192 e. The maximum atomic E-state index is 5.51. The van der Waals surface area contributed by atoms with E-state index in [9.17, 15) is 0 Å². The summed E-state index contributed by atoms with van der Waals surface area (Å²) < 4.78 is 11.0. The van der Waals surface area contributed by atoms with Gasteiger partial charge < -0.3 is 7.80 Å². The minimum Gasteiger partial charge on any atom is -0.496 e. The van der Waals surface area contributed by atoms with E-state index in [0.717, 1.165) is 44.7 Å². The Balaban J connectivity index is 1.97. The fourth-order valence-electron chi connectivity index (χ4n) is 2.81. The quantitative estimate of drug-likeness (QED) is 0.333. The van der Waals surface area contributed by atoms with Gasteiger partial charge in [-0.15, -0.1) is 0 Å². The number of hydrogen-bond acceptors (Lipinski definition) is 4. The molecule has 1 heterocycles. The van der Waals surface area contributed by atoms with Gasteiger partial charge in [0.1, 0.15) is 11.5 Å². The lowest BCUT2D eigenvalue weighted by molar-refractivity contribution is 0.415. The van der Waals surface area contributed by atoms with Gasteiger partial charge in [0.15, 0.2) is 23.0 Å². The van der Waals surface area contributed by atoms with Crippen LogP contribution in [0.5, 0.6) is 11.5 Å². The van der Waals surface area contributed by atoms with Crippen LogP contribution in [0.2, 0.25) is 0 Å². The van der Waals surface area contributed by atoms with Gasteiger partial charge in [-0.05, 0) is 42.0 Å². The lowest BCUT2D eigenvalue weighted by Gasteiger charge is -2.12. The largest absolute Gasteiger partial charge is 0.496 e. The van der Waals surface area contributed by atoms with E-state index in [1.54, 1.807) is 7.11 Å². The predicted octanol–water partition coefficient (Wildman–Crippen LogP) is 5.19. The number of aromatic nitrogens is 2. The van der Waals surface area contributed by atoms with Crippen LogP contribution in [-0.2, 0) is 0 Å². The van der Waals surface area contributed by atoms with Crippen LogP contribution in [0.15, 0.2) is 60.7 Å². The summed E-state index contributed by atoms with van der Waals surface area (Å²) in [4.78, 5) is 9.40. The first-order valence-corrected chi connectivity index (χ1v) is 8.31. The van der Waals surface area contributed by atoms with E-state index in [2.05, 4.69) is 4.98 Å². The average Bonchev–Trinajstić information content (AvgIpc) is 2.65. The van der Waals surface area contributed by atoms with Crippen molar-refractivity contribution in [2.75, 3.05) is 7.11 Å². The second-order valence-corrected chi connectivity index (χ2v) is 5.77. The Hall–Kier alpha value is -2.41. The van der Waals surface area contributed by atoms with Crippen LogP contribution in [0.1, 0.15) is 0 Å². The second kappa shape index (κ2) is 6.24. The molecule has 118 valence electrons. The lowest BCUT2D eigenvalue weighted by Crippen LogP contribution is -1.92. The maximum absolute atomic E-state index is 5.51. The molecule has 0 spiro atoms. The number of fused-ring (bicyclic) bond motifs is 2. The van der Waals surface area contributed by atoms with E-state index in [0.29, 0.717) is 0 Å². The van der Waals surface area contributed by atoms with Crippen molar-refractivity contribution in [2.24, 2.45) is 0 Å². The highest BCUT2D eigenvalue weighted by Crippen LogP contribution is 2.39. The van der Waals surface area contributed by atoms with Crippen LogP contribution in [0.25, 0.3) is 33.2 Å². The SMILES string of the molecule is COc1cccc(OI)c1-c1ccc2nc3ccccc3nc2c1. The van der Waals surface area contributed by atoms with Gasteiger partial charge in [0.2, 0.25) is 0 Å². The highest BCUT2D eigenvalue weighted by Gasteiger charge is 2.14. The predicted molar refractivity (Wildman–Crippen MR) is 104 cm³/mol. The number of para-hydroxylation sites is 2. The number of methoxy groups -OCH3 is 1. The van der Waals surface area contributed by atoms with Gasteiger partial charge in [0, 0.05) is 0 Å². The lowest BCUT2D eigenvalue weighted by atomic mass is 10.0. The molecule has 0 saturated carbocycles. The molecule has 0 unspecified atom stereocenters. The summed E-state index contributed by atoms with van der Waals surface area (Å²) in [5.41, 5.74) is 5.38. The van der Waals surface area contributed by atoms with Crippen molar-refractivity contribution < 1.29 is 7.80 Å². The van der Waals surface area contributed by atoms with Gasteiger partial charge in [-0.2, -0.15) is 0 Å². The van der Waals surface area contributed by atoms with Gasteiger partial charge in [-0.3, -0.25) is 0 Å². The summed E-state index contributed by atoms with van der Waals surface area (Å²) in [5.74, 6) is 1.51. The standard InChI is InChI=1S/C19H13IN2O2/c1-23-17-7-4-8-18(24-20)19(17)12-9-10-15-16(11-12)22-14-6-3-2-5-13(14)21-15/h2-11H,1H3. The molecule has 0 atom stereocenters. The Bertz CT molecular complexity index is 1030. The first-order chi connectivity index (χ1) is 11.8. The molecule has 1 aromatic heterocycles. The number of ether oxygens (including phenoxy) is 1. The zero-order valence-electron chi connectivity index (χ0n) is 12.9.